The molecule has 1 aliphatic rings. The van der Waals surface area contributed by atoms with Crippen molar-refractivity contribution in [3.8, 4) is 11.5 Å². The molecular weight excluding hydrogens is 437 g/mol. The summed E-state index contributed by atoms with van der Waals surface area (Å²) in [6, 6.07) is 12.4. The number of nitrogens with one attached hydrogen (secondary N) is 2. The minimum atomic E-state index is -4.53. The molecule has 0 aliphatic carbocycles. The zero-order valence-corrected chi connectivity index (χ0v) is 18.0. The first kappa shape index (κ1) is 22.5. The van der Waals surface area contributed by atoms with Crippen LogP contribution in [0.5, 0.6) is 11.5 Å². The molecule has 10 heteroatoms. The van der Waals surface area contributed by atoms with E-state index in [0.717, 1.165) is 4.68 Å². The Morgan fingerprint density at radius 3 is 2.42 bits per heavy atom. The smallest absolute Gasteiger partial charge is 0.410 e. The fourth-order valence-corrected chi connectivity index (χ4v) is 3.74. The standard InChI is InChI=1S/C23H23F3N4O3/c1-3-33-17-10-6-15(7-11-17)27-22(31)19-13-21-28-18(14-4-8-16(32-2)9-5-14)12-20(23(24,25)26)30(21)29-19/h4-11,13,18,20,28H,3,12H2,1-2H3,(H,27,31). The van der Waals surface area contributed by atoms with Gasteiger partial charge in [0.1, 0.15) is 17.3 Å². The number of amides is 1. The number of aromatic nitrogens is 2. The van der Waals surface area contributed by atoms with E-state index >= 15 is 0 Å². The van der Waals surface area contributed by atoms with Gasteiger partial charge in [0.05, 0.1) is 19.8 Å². The molecule has 1 amide bonds. The van der Waals surface area contributed by atoms with Crippen molar-refractivity contribution in [2.24, 2.45) is 0 Å². The Kier molecular flexibility index (Phi) is 6.17. The fourth-order valence-electron chi connectivity index (χ4n) is 3.74. The number of methoxy groups -OCH3 is 1. The highest BCUT2D eigenvalue weighted by Gasteiger charge is 2.46. The summed E-state index contributed by atoms with van der Waals surface area (Å²) < 4.78 is 52.9. The van der Waals surface area contributed by atoms with Crippen molar-refractivity contribution in [2.75, 3.05) is 24.4 Å². The van der Waals surface area contributed by atoms with Crippen molar-refractivity contribution in [3.63, 3.8) is 0 Å². The van der Waals surface area contributed by atoms with E-state index in [1.807, 2.05) is 6.92 Å². The maximum atomic E-state index is 13.9. The number of rotatable bonds is 6. The molecule has 2 N–H and O–H groups in total. The minimum Gasteiger partial charge on any atom is -0.497 e. The van der Waals surface area contributed by atoms with Crippen LogP contribution in [0.4, 0.5) is 24.7 Å². The molecule has 1 aliphatic heterocycles. The van der Waals surface area contributed by atoms with Crippen LogP contribution in [0, 0.1) is 0 Å². The number of hydrogen-bond donors (Lipinski definition) is 2. The van der Waals surface area contributed by atoms with Gasteiger partial charge in [-0.1, -0.05) is 12.1 Å². The Balaban J connectivity index is 1.57. The number of carbonyl (C=O) groups excluding carboxylic acids is 1. The Hall–Kier alpha value is -3.69. The number of fused-ring (bicyclic) bond motifs is 1. The molecule has 7 nitrogen and oxygen atoms in total. The van der Waals surface area contributed by atoms with Gasteiger partial charge in [0.25, 0.3) is 5.91 Å². The molecule has 3 aromatic rings. The Morgan fingerprint density at radius 2 is 1.82 bits per heavy atom. The SMILES string of the molecule is CCOc1ccc(NC(=O)c2cc3n(n2)C(C(F)(F)F)CC(c2ccc(OC)cc2)N3)cc1. The van der Waals surface area contributed by atoms with E-state index in [1.165, 1.54) is 13.2 Å². The maximum Gasteiger partial charge on any atom is 0.410 e. The van der Waals surface area contributed by atoms with Gasteiger partial charge in [-0.3, -0.25) is 4.79 Å². The second kappa shape index (κ2) is 9.05. The molecule has 2 heterocycles. The molecule has 1 aromatic heterocycles. The van der Waals surface area contributed by atoms with Gasteiger partial charge in [0.15, 0.2) is 11.7 Å². The van der Waals surface area contributed by atoms with Gasteiger partial charge in [0.2, 0.25) is 0 Å². The largest absolute Gasteiger partial charge is 0.497 e. The third-order valence-electron chi connectivity index (χ3n) is 5.36. The first-order valence-corrected chi connectivity index (χ1v) is 10.4. The molecule has 2 atom stereocenters. The number of hydrogen-bond acceptors (Lipinski definition) is 5. The van der Waals surface area contributed by atoms with Crippen LogP contribution in [0.25, 0.3) is 0 Å². The first-order valence-electron chi connectivity index (χ1n) is 10.4. The monoisotopic (exact) mass is 460 g/mol. The van der Waals surface area contributed by atoms with Gasteiger partial charge in [0, 0.05) is 18.2 Å². The van der Waals surface area contributed by atoms with Gasteiger partial charge in [-0.2, -0.15) is 18.3 Å². The van der Waals surface area contributed by atoms with E-state index < -0.39 is 24.2 Å². The Labute approximate surface area is 188 Å². The Morgan fingerprint density at radius 1 is 1.15 bits per heavy atom. The van der Waals surface area contributed by atoms with Gasteiger partial charge < -0.3 is 20.1 Å². The van der Waals surface area contributed by atoms with Crippen LogP contribution in [0.3, 0.4) is 0 Å². The van der Waals surface area contributed by atoms with E-state index in [-0.39, 0.29) is 17.9 Å². The predicted molar refractivity (Wildman–Crippen MR) is 117 cm³/mol. The number of halogens is 3. The van der Waals surface area contributed by atoms with Crippen LogP contribution in [-0.2, 0) is 0 Å². The molecule has 2 aromatic carbocycles. The van der Waals surface area contributed by atoms with Crippen molar-refractivity contribution in [2.45, 2.75) is 31.6 Å². The lowest BCUT2D eigenvalue weighted by molar-refractivity contribution is -0.173. The highest BCUT2D eigenvalue weighted by atomic mass is 19.4. The number of benzene rings is 2. The lowest BCUT2D eigenvalue weighted by atomic mass is 9.97. The van der Waals surface area contributed by atoms with Crippen molar-refractivity contribution in [3.05, 3.63) is 65.9 Å². The van der Waals surface area contributed by atoms with E-state index in [1.54, 1.807) is 48.5 Å². The molecule has 0 saturated carbocycles. The van der Waals surface area contributed by atoms with Crippen LogP contribution in [-0.4, -0.2) is 35.6 Å². The quantitative estimate of drug-likeness (QED) is 0.529. The summed E-state index contributed by atoms with van der Waals surface area (Å²) in [5, 5.41) is 9.70. The summed E-state index contributed by atoms with van der Waals surface area (Å²) in [5.74, 6) is 0.779. The predicted octanol–water partition coefficient (Wildman–Crippen LogP) is 5.20. The summed E-state index contributed by atoms with van der Waals surface area (Å²) in [7, 11) is 1.52. The number of alkyl halides is 3. The van der Waals surface area contributed by atoms with Crippen molar-refractivity contribution in [1.29, 1.82) is 0 Å². The Bertz CT molecular complexity index is 1110. The second-order valence-corrected chi connectivity index (χ2v) is 7.53. The number of carbonyl (C=O) groups is 1. The van der Waals surface area contributed by atoms with Crippen LogP contribution in [0.1, 0.15) is 41.5 Å². The normalized spacial score (nSPS) is 17.6. The summed E-state index contributed by atoms with van der Waals surface area (Å²) in [4.78, 5) is 12.7. The van der Waals surface area contributed by atoms with Gasteiger partial charge >= 0.3 is 6.18 Å². The molecule has 2 unspecified atom stereocenters. The van der Waals surface area contributed by atoms with Crippen LogP contribution >= 0.6 is 0 Å². The van der Waals surface area contributed by atoms with Gasteiger partial charge in [-0.15, -0.1) is 0 Å². The van der Waals surface area contributed by atoms with E-state index in [4.69, 9.17) is 9.47 Å². The lowest BCUT2D eigenvalue weighted by Gasteiger charge is -2.33. The third-order valence-corrected chi connectivity index (χ3v) is 5.36. The molecule has 0 saturated heterocycles. The lowest BCUT2D eigenvalue weighted by Crippen LogP contribution is -2.35. The first-order chi connectivity index (χ1) is 15.8. The fraction of sp³-hybridized carbons (Fsp3) is 0.304. The number of ether oxygens (including phenoxy) is 2. The van der Waals surface area contributed by atoms with Crippen LogP contribution in [0.2, 0.25) is 0 Å². The maximum absolute atomic E-state index is 13.9. The molecule has 0 radical (unpaired) electrons. The molecule has 0 bridgehead atoms. The summed E-state index contributed by atoms with van der Waals surface area (Å²) in [6.45, 7) is 2.37. The van der Waals surface area contributed by atoms with Crippen LogP contribution < -0.4 is 20.1 Å². The molecule has 4 rings (SSSR count). The van der Waals surface area contributed by atoms with E-state index in [9.17, 15) is 18.0 Å². The molecule has 174 valence electrons. The summed E-state index contributed by atoms with van der Waals surface area (Å²) >= 11 is 0. The molecular formula is C23H23F3N4O3. The summed E-state index contributed by atoms with van der Waals surface area (Å²) in [6.07, 6.45) is -4.79. The molecule has 0 fully saturated rings. The van der Waals surface area contributed by atoms with Crippen molar-refractivity contribution >= 4 is 17.4 Å². The minimum absolute atomic E-state index is 0.115. The highest BCUT2D eigenvalue weighted by molar-refractivity contribution is 6.03. The zero-order chi connectivity index (χ0) is 23.6. The summed E-state index contributed by atoms with van der Waals surface area (Å²) in [5.41, 5.74) is 1.04. The van der Waals surface area contributed by atoms with Gasteiger partial charge in [-0.25, -0.2) is 4.68 Å². The van der Waals surface area contributed by atoms with E-state index in [2.05, 4.69) is 15.7 Å². The molecule has 33 heavy (non-hydrogen) atoms. The zero-order valence-electron chi connectivity index (χ0n) is 18.0. The number of nitrogens with zero attached hydrogens (tertiary/aromatic N) is 2. The third kappa shape index (κ3) is 4.89. The van der Waals surface area contributed by atoms with Crippen molar-refractivity contribution in [1.82, 2.24) is 9.78 Å². The van der Waals surface area contributed by atoms with Crippen molar-refractivity contribution < 1.29 is 27.4 Å². The number of anilines is 2. The average molecular weight is 460 g/mol. The second-order valence-electron chi connectivity index (χ2n) is 7.53. The average Bonchev–Trinajstić information content (AvgIpc) is 3.23. The van der Waals surface area contributed by atoms with E-state index in [0.29, 0.717) is 29.4 Å². The molecule has 0 spiro atoms. The topological polar surface area (TPSA) is 77.4 Å². The van der Waals surface area contributed by atoms with Crippen LogP contribution in [0.15, 0.2) is 54.6 Å². The van der Waals surface area contributed by atoms with Gasteiger partial charge in [-0.05, 0) is 48.9 Å². The highest BCUT2D eigenvalue weighted by Crippen LogP contribution is 2.43.